The highest BCUT2D eigenvalue weighted by Gasteiger charge is 2.39. The van der Waals surface area contributed by atoms with E-state index < -0.39 is 30.3 Å². The number of halogens is 7. The smallest absolute Gasteiger partial charge is 0.475 e. The highest BCUT2D eigenvalue weighted by Crippen LogP contribution is 2.37. The summed E-state index contributed by atoms with van der Waals surface area (Å²) in [5.41, 5.74) is 13.2. The van der Waals surface area contributed by atoms with Crippen LogP contribution in [-0.2, 0) is 20.9 Å². The number of amides is 1. The zero-order valence-electron chi connectivity index (χ0n) is 29.4. The van der Waals surface area contributed by atoms with Crippen molar-refractivity contribution in [2.24, 2.45) is 11.5 Å². The topological polar surface area (TPSA) is 147 Å². The summed E-state index contributed by atoms with van der Waals surface area (Å²) in [6.07, 6.45) is 4.99. The van der Waals surface area contributed by atoms with Gasteiger partial charge in [0.15, 0.2) is 0 Å². The molecule has 0 spiro atoms. The molecule has 52 heavy (non-hydrogen) atoms. The van der Waals surface area contributed by atoms with Gasteiger partial charge < -0.3 is 26.6 Å². The lowest BCUT2D eigenvalue weighted by molar-refractivity contribution is -0.193. The fourth-order valence-electron chi connectivity index (χ4n) is 5.45. The Morgan fingerprint density at radius 1 is 0.692 bits per heavy atom. The normalized spacial score (nSPS) is 12.0. The number of carboxylic acid groups (broad SMARTS) is 2. The summed E-state index contributed by atoms with van der Waals surface area (Å²) in [4.78, 5) is 33.4. The molecule has 0 heterocycles. The lowest BCUT2D eigenvalue weighted by atomic mass is 9.95. The SMILES string of the molecule is CCCCCCCCCCCCN(Cc1c2ccccc2c(Cl)c2ccccc12)C(=O)[C@@H](N)CCCCN.O=C(O)C(F)(F)F.O=C(O)C(F)(F)F. The van der Waals surface area contributed by atoms with E-state index in [2.05, 4.69) is 31.2 Å². The van der Waals surface area contributed by atoms with E-state index in [1.807, 2.05) is 29.2 Å². The molecule has 6 N–H and O–H groups in total. The first-order valence-electron chi connectivity index (χ1n) is 17.4. The van der Waals surface area contributed by atoms with Crippen molar-refractivity contribution in [3.63, 3.8) is 0 Å². The molecule has 0 unspecified atom stereocenters. The maximum atomic E-state index is 13.6. The summed E-state index contributed by atoms with van der Waals surface area (Å²) in [6, 6.07) is 16.0. The molecule has 0 saturated heterocycles. The van der Waals surface area contributed by atoms with Gasteiger partial charge in [0.2, 0.25) is 5.91 Å². The predicted molar refractivity (Wildman–Crippen MR) is 192 cm³/mol. The van der Waals surface area contributed by atoms with Crippen molar-refractivity contribution in [2.45, 2.75) is 115 Å². The molecule has 0 saturated carbocycles. The third kappa shape index (κ3) is 16.8. The van der Waals surface area contributed by atoms with E-state index >= 15 is 0 Å². The molecule has 0 aliphatic heterocycles. The second kappa shape index (κ2) is 23.8. The number of fused-ring (bicyclic) bond motifs is 2. The van der Waals surface area contributed by atoms with Gasteiger partial charge in [-0.3, -0.25) is 4.79 Å². The van der Waals surface area contributed by atoms with E-state index in [9.17, 15) is 31.1 Å². The number of hydrogen-bond donors (Lipinski definition) is 4. The Morgan fingerprint density at radius 3 is 1.46 bits per heavy atom. The molecule has 1 atom stereocenters. The quantitative estimate of drug-likeness (QED) is 0.0573. The van der Waals surface area contributed by atoms with E-state index in [1.165, 1.54) is 51.4 Å². The number of alkyl halides is 6. The number of benzene rings is 3. The Kier molecular flexibility index (Phi) is 21.3. The number of unbranched alkanes of at least 4 members (excludes halogenated alkanes) is 10. The molecule has 0 aliphatic rings. The van der Waals surface area contributed by atoms with Crippen LogP contribution in [-0.4, -0.2) is 64.4 Å². The number of aliphatic carboxylic acids is 2. The predicted octanol–water partition coefficient (Wildman–Crippen LogP) is 9.62. The summed E-state index contributed by atoms with van der Waals surface area (Å²) in [7, 11) is 0. The molecule has 0 radical (unpaired) electrons. The summed E-state index contributed by atoms with van der Waals surface area (Å²) < 4.78 is 63.5. The zero-order valence-corrected chi connectivity index (χ0v) is 30.1. The first-order valence-corrected chi connectivity index (χ1v) is 17.8. The molecule has 0 aromatic heterocycles. The van der Waals surface area contributed by atoms with E-state index in [-0.39, 0.29) is 5.91 Å². The lowest BCUT2D eigenvalue weighted by Crippen LogP contribution is -2.44. The Hall–Kier alpha value is -3.62. The van der Waals surface area contributed by atoms with E-state index in [1.54, 1.807) is 0 Å². The number of nitrogens with zero attached hydrogens (tertiary/aromatic N) is 1. The Labute approximate surface area is 305 Å². The van der Waals surface area contributed by atoms with E-state index in [0.717, 1.165) is 64.4 Å². The van der Waals surface area contributed by atoms with E-state index in [4.69, 9.17) is 42.9 Å². The average Bonchev–Trinajstić information content (AvgIpc) is 3.09. The number of rotatable bonds is 18. The number of hydrogen-bond acceptors (Lipinski definition) is 5. The van der Waals surface area contributed by atoms with Gasteiger partial charge in [0.05, 0.1) is 11.1 Å². The molecule has 292 valence electrons. The van der Waals surface area contributed by atoms with Gasteiger partial charge in [-0.25, -0.2) is 9.59 Å². The largest absolute Gasteiger partial charge is 0.490 e. The van der Waals surface area contributed by atoms with Gasteiger partial charge in [0.25, 0.3) is 0 Å². The molecule has 3 rings (SSSR count). The average molecular weight is 766 g/mol. The molecule has 3 aromatic rings. The van der Waals surface area contributed by atoms with Gasteiger partial charge in [-0.2, -0.15) is 26.3 Å². The molecule has 8 nitrogen and oxygen atoms in total. The van der Waals surface area contributed by atoms with Crippen LogP contribution in [0, 0.1) is 0 Å². The van der Waals surface area contributed by atoms with Crippen LogP contribution in [0.15, 0.2) is 48.5 Å². The van der Waals surface area contributed by atoms with Crippen molar-refractivity contribution in [3.8, 4) is 0 Å². The lowest BCUT2D eigenvalue weighted by Gasteiger charge is -2.27. The van der Waals surface area contributed by atoms with Crippen molar-refractivity contribution >= 4 is 51.0 Å². The van der Waals surface area contributed by atoms with Crippen molar-refractivity contribution in [1.29, 1.82) is 0 Å². The van der Waals surface area contributed by atoms with Gasteiger partial charge in [0, 0.05) is 23.9 Å². The van der Waals surface area contributed by atoms with Crippen LogP contribution in [0.3, 0.4) is 0 Å². The van der Waals surface area contributed by atoms with Crippen LogP contribution in [0.25, 0.3) is 21.5 Å². The number of carbonyl (C=O) groups excluding carboxylic acids is 1. The molecule has 0 bridgehead atoms. The second-order valence-electron chi connectivity index (χ2n) is 12.3. The fraction of sp³-hybridized carbons (Fsp3) is 0.541. The van der Waals surface area contributed by atoms with Crippen molar-refractivity contribution in [3.05, 3.63) is 59.1 Å². The summed E-state index contributed by atoms with van der Waals surface area (Å²) >= 11 is 6.84. The van der Waals surface area contributed by atoms with Gasteiger partial charge in [0.1, 0.15) is 0 Å². The third-order valence-electron chi connectivity index (χ3n) is 8.19. The second-order valence-corrected chi connectivity index (χ2v) is 12.7. The van der Waals surface area contributed by atoms with Gasteiger partial charge >= 0.3 is 24.3 Å². The number of nitrogens with two attached hydrogens (primary N) is 2. The maximum absolute atomic E-state index is 13.6. The van der Waals surface area contributed by atoms with Crippen molar-refractivity contribution in [1.82, 2.24) is 4.90 Å². The van der Waals surface area contributed by atoms with Gasteiger partial charge in [-0.05, 0) is 42.1 Å². The highest BCUT2D eigenvalue weighted by molar-refractivity contribution is 6.41. The Balaban J connectivity index is 0.000000812. The Morgan fingerprint density at radius 2 is 1.08 bits per heavy atom. The van der Waals surface area contributed by atoms with Crippen molar-refractivity contribution in [2.75, 3.05) is 13.1 Å². The van der Waals surface area contributed by atoms with Crippen LogP contribution in [0.5, 0.6) is 0 Å². The minimum Gasteiger partial charge on any atom is -0.475 e. The summed E-state index contributed by atoms with van der Waals surface area (Å²) in [5.74, 6) is -5.47. The zero-order chi connectivity index (χ0) is 39.3. The van der Waals surface area contributed by atoms with Crippen LogP contribution in [0.1, 0.15) is 96.0 Å². The van der Waals surface area contributed by atoms with Gasteiger partial charge in [-0.15, -0.1) is 0 Å². The molecule has 1 amide bonds. The third-order valence-corrected chi connectivity index (χ3v) is 8.60. The monoisotopic (exact) mass is 765 g/mol. The maximum Gasteiger partial charge on any atom is 0.490 e. The minimum absolute atomic E-state index is 0.0426. The fourth-order valence-corrected chi connectivity index (χ4v) is 5.78. The van der Waals surface area contributed by atoms with Gasteiger partial charge in [-0.1, -0.05) is 131 Å². The molecular formula is C37H50ClF6N3O5. The van der Waals surface area contributed by atoms with E-state index in [0.29, 0.717) is 19.5 Å². The highest BCUT2D eigenvalue weighted by atomic mass is 35.5. The van der Waals surface area contributed by atoms with Crippen LogP contribution in [0.4, 0.5) is 26.3 Å². The molecular weight excluding hydrogens is 716 g/mol. The first kappa shape index (κ1) is 46.4. The summed E-state index contributed by atoms with van der Waals surface area (Å²) in [6.45, 7) is 4.16. The van der Waals surface area contributed by atoms with Crippen LogP contribution >= 0.6 is 11.6 Å². The summed E-state index contributed by atoms with van der Waals surface area (Å²) in [5, 5.41) is 19.3. The van der Waals surface area contributed by atoms with Crippen LogP contribution in [0.2, 0.25) is 5.02 Å². The van der Waals surface area contributed by atoms with Crippen molar-refractivity contribution < 1.29 is 50.9 Å². The van der Waals surface area contributed by atoms with Crippen LogP contribution < -0.4 is 11.5 Å². The minimum atomic E-state index is -5.08. The molecule has 0 fully saturated rings. The Bertz CT molecular complexity index is 1460. The number of carbonyl (C=O) groups is 3. The molecule has 0 aliphatic carbocycles. The molecule has 15 heteroatoms. The first-order chi connectivity index (χ1) is 24.5. The number of carboxylic acids is 2. The molecule has 3 aromatic carbocycles. The standard InChI is InChI=1S/C33H48ClN3O.2C2HF3O2/c1-2-3-4-5-6-7-8-9-10-17-24-37(33(38)31(36)22-15-16-23-35)25-30-26-18-11-13-20-28(26)32(34)29-21-14-12-19-27(29)30;2*3-2(4,5)1(6)7/h11-14,18-21,31H,2-10,15-17,22-25,35-36H2,1H3;2*(H,6,7)/t31-;;/m0../s1.